The average molecular weight is 475 g/mol. The van der Waals surface area contributed by atoms with Crippen LogP contribution in [-0.2, 0) is 0 Å². The SMILES string of the molecule is COc1ccc(C(=O)c2oc3cc(NC(=O)c4cc(OC)c(OC)c(OC)c4)ccc3c2C)cc1. The van der Waals surface area contributed by atoms with E-state index in [0.717, 1.165) is 10.9 Å². The van der Waals surface area contributed by atoms with Gasteiger partial charge < -0.3 is 28.7 Å². The smallest absolute Gasteiger partial charge is 0.255 e. The van der Waals surface area contributed by atoms with E-state index < -0.39 is 0 Å². The molecule has 0 saturated carbocycles. The van der Waals surface area contributed by atoms with Gasteiger partial charge in [-0.15, -0.1) is 0 Å². The molecule has 0 atom stereocenters. The van der Waals surface area contributed by atoms with Gasteiger partial charge in [-0.3, -0.25) is 9.59 Å². The van der Waals surface area contributed by atoms with Crippen LogP contribution in [0.15, 0.2) is 59.0 Å². The predicted molar refractivity (Wildman–Crippen MR) is 131 cm³/mol. The summed E-state index contributed by atoms with van der Waals surface area (Å²) in [4.78, 5) is 26.0. The largest absolute Gasteiger partial charge is 0.497 e. The quantitative estimate of drug-likeness (QED) is 0.347. The summed E-state index contributed by atoms with van der Waals surface area (Å²) >= 11 is 0. The van der Waals surface area contributed by atoms with Crippen LogP contribution in [0.5, 0.6) is 23.0 Å². The van der Waals surface area contributed by atoms with Gasteiger partial charge in [0.2, 0.25) is 11.5 Å². The number of carbonyl (C=O) groups excluding carboxylic acids is 2. The van der Waals surface area contributed by atoms with Gasteiger partial charge in [0.1, 0.15) is 11.3 Å². The van der Waals surface area contributed by atoms with Gasteiger partial charge >= 0.3 is 0 Å². The minimum absolute atomic E-state index is 0.232. The second kappa shape index (κ2) is 9.80. The Hall–Kier alpha value is -4.46. The van der Waals surface area contributed by atoms with Gasteiger partial charge in [0, 0.05) is 33.8 Å². The fourth-order valence-electron chi connectivity index (χ4n) is 3.81. The molecule has 3 aromatic carbocycles. The first-order valence-corrected chi connectivity index (χ1v) is 10.7. The van der Waals surface area contributed by atoms with Crippen LogP contribution in [0.25, 0.3) is 11.0 Å². The Bertz CT molecular complexity index is 1380. The zero-order valence-corrected chi connectivity index (χ0v) is 20.1. The summed E-state index contributed by atoms with van der Waals surface area (Å²) in [5.41, 5.74) is 2.54. The molecule has 0 unspecified atom stereocenters. The van der Waals surface area contributed by atoms with Crippen LogP contribution in [0.3, 0.4) is 0 Å². The maximum Gasteiger partial charge on any atom is 0.255 e. The highest BCUT2D eigenvalue weighted by molar-refractivity contribution is 6.11. The Kier molecular flexibility index (Phi) is 6.64. The second-order valence-electron chi connectivity index (χ2n) is 7.69. The number of ketones is 1. The maximum absolute atomic E-state index is 13.0. The molecule has 4 rings (SSSR count). The zero-order chi connectivity index (χ0) is 25.1. The van der Waals surface area contributed by atoms with Gasteiger partial charge in [0.05, 0.1) is 28.4 Å². The molecule has 1 heterocycles. The number of nitrogens with one attached hydrogen (secondary N) is 1. The Morgan fingerprint density at radius 3 is 2.00 bits per heavy atom. The van der Waals surface area contributed by atoms with Crippen molar-refractivity contribution in [2.75, 3.05) is 33.8 Å². The molecule has 0 aliphatic carbocycles. The van der Waals surface area contributed by atoms with E-state index >= 15 is 0 Å². The molecular formula is C27H25NO7. The molecule has 0 radical (unpaired) electrons. The average Bonchev–Trinajstić information content (AvgIpc) is 3.22. The van der Waals surface area contributed by atoms with Crippen LogP contribution < -0.4 is 24.3 Å². The Balaban J connectivity index is 1.62. The first-order valence-electron chi connectivity index (χ1n) is 10.7. The van der Waals surface area contributed by atoms with Gasteiger partial charge in [-0.05, 0) is 55.5 Å². The Morgan fingerprint density at radius 2 is 1.43 bits per heavy atom. The molecule has 35 heavy (non-hydrogen) atoms. The number of carbonyl (C=O) groups is 2. The van der Waals surface area contributed by atoms with Crippen LogP contribution in [0, 0.1) is 6.92 Å². The molecule has 0 fully saturated rings. The van der Waals surface area contributed by atoms with Crippen LogP contribution in [0.1, 0.15) is 32.0 Å². The van der Waals surface area contributed by atoms with Gasteiger partial charge in [-0.2, -0.15) is 0 Å². The fraction of sp³-hybridized carbons (Fsp3) is 0.185. The van der Waals surface area contributed by atoms with Crippen molar-refractivity contribution >= 4 is 28.3 Å². The molecule has 180 valence electrons. The molecule has 1 aromatic heterocycles. The number of hydrogen-bond donors (Lipinski definition) is 1. The molecule has 1 N–H and O–H groups in total. The third-order valence-electron chi connectivity index (χ3n) is 5.68. The number of rotatable bonds is 8. The standard InChI is InChI=1S/C27H25NO7/c1-15-20-11-8-18(28-27(30)17-12-22(32-3)26(34-5)23(13-17)33-4)14-21(20)35-25(15)24(29)16-6-9-19(31-2)10-7-16/h6-14H,1-5H3,(H,28,30). The van der Waals surface area contributed by atoms with E-state index in [2.05, 4.69) is 5.32 Å². The lowest BCUT2D eigenvalue weighted by Crippen LogP contribution is -2.12. The number of anilines is 1. The monoisotopic (exact) mass is 475 g/mol. The minimum Gasteiger partial charge on any atom is -0.497 e. The molecule has 1 amide bonds. The van der Waals surface area contributed by atoms with Crippen molar-refractivity contribution in [1.29, 1.82) is 0 Å². The lowest BCUT2D eigenvalue weighted by Gasteiger charge is -2.14. The van der Waals surface area contributed by atoms with E-state index in [1.807, 2.05) is 13.0 Å². The highest BCUT2D eigenvalue weighted by Crippen LogP contribution is 2.38. The number of benzene rings is 3. The lowest BCUT2D eigenvalue weighted by atomic mass is 10.0. The number of fused-ring (bicyclic) bond motifs is 1. The highest BCUT2D eigenvalue weighted by Gasteiger charge is 2.21. The van der Waals surface area contributed by atoms with Crippen molar-refractivity contribution in [3.8, 4) is 23.0 Å². The topological polar surface area (TPSA) is 96.2 Å². The van der Waals surface area contributed by atoms with Crippen molar-refractivity contribution in [2.24, 2.45) is 0 Å². The van der Waals surface area contributed by atoms with E-state index in [9.17, 15) is 9.59 Å². The van der Waals surface area contributed by atoms with Gasteiger partial charge in [-0.25, -0.2) is 0 Å². The predicted octanol–water partition coefficient (Wildman–Crippen LogP) is 5.26. The molecule has 0 spiro atoms. The molecule has 8 heteroatoms. The summed E-state index contributed by atoms with van der Waals surface area (Å²) in [6.07, 6.45) is 0. The number of methoxy groups -OCH3 is 4. The van der Waals surface area contributed by atoms with E-state index in [4.69, 9.17) is 23.4 Å². The number of aryl methyl sites for hydroxylation is 1. The third kappa shape index (κ3) is 4.50. The molecule has 0 bridgehead atoms. The van der Waals surface area contributed by atoms with Crippen molar-refractivity contribution in [2.45, 2.75) is 6.92 Å². The molecule has 4 aromatic rings. The lowest BCUT2D eigenvalue weighted by molar-refractivity contribution is 0.101. The van der Waals surface area contributed by atoms with E-state index in [-0.39, 0.29) is 17.5 Å². The van der Waals surface area contributed by atoms with Crippen LogP contribution in [0.2, 0.25) is 0 Å². The summed E-state index contributed by atoms with van der Waals surface area (Å²) in [7, 11) is 6.03. The third-order valence-corrected chi connectivity index (χ3v) is 5.68. The Morgan fingerprint density at radius 1 is 0.771 bits per heavy atom. The first-order chi connectivity index (χ1) is 16.9. The van der Waals surface area contributed by atoms with E-state index in [1.165, 1.54) is 21.3 Å². The van der Waals surface area contributed by atoms with Crippen molar-refractivity contribution in [3.63, 3.8) is 0 Å². The molecule has 0 aliphatic rings. The van der Waals surface area contributed by atoms with Gasteiger partial charge in [0.25, 0.3) is 5.91 Å². The fourth-order valence-corrected chi connectivity index (χ4v) is 3.81. The molecular weight excluding hydrogens is 450 g/mol. The highest BCUT2D eigenvalue weighted by atomic mass is 16.5. The number of amides is 1. The molecule has 8 nitrogen and oxygen atoms in total. The van der Waals surface area contributed by atoms with Crippen LogP contribution >= 0.6 is 0 Å². The summed E-state index contributed by atoms with van der Waals surface area (Å²) in [6, 6.07) is 15.2. The van der Waals surface area contributed by atoms with E-state index in [0.29, 0.717) is 45.4 Å². The zero-order valence-electron chi connectivity index (χ0n) is 20.1. The normalized spacial score (nSPS) is 10.7. The van der Waals surface area contributed by atoms with Crippen molar-refractivity contribution in [3.05, 3.63) is 77.0 Å². The summed E-state index contributed by atoms with van der Waals surface area (Å²) < 4.78 is 27.0. The van der Waals surface area contributed by atoms with Crippen molar-refractivity contribution in [1.82, 2.24) is 0 Å². The number of hydrogen-bond acceptors (Lipinski definition) is 7. The summed E-state index contributed by atoms with van der Waals surface area (Å²) in [5, 5.41) is 3.63. The molecule has 0 saturated heterocycles. The van der Waals surface area contributed by atoms with Crippen LogP contribution in [-0.4, -0.2) is 40.1 Å². The number of furan rings is 1. The minimum atomic E-state index is -0.374. The number of ether oxygens (including phenoxy) is 4. The maximum atomic E-state index is 13.0. The Labute approximate surface area is 202 Å². The summed E-state index contributed by atoms with van der Waals surface area (Å²) in [6.45, 7) is 1.83. The van der Waals surface area contributed by atoms with Gasteiger partial charge in [0.15, 0.2) is 17.3 Å². The first kappa shape index (κ1) is 23.7. The second-order valence-corrected chi connectivity index (χ2v) is 7.69. The molecule has 0 aliphatic heterocycles. The summed E-state index contributed by atoms with van der Waals surface area (Å²) in [5.74, 6) is 1.44. The van der Waals surface area contributed by atoms with Gasteiger partial charge in [-0.1, -0.05) is 0 Å². The van der Waals surface area contributed by atoms with E-state index in [1.54, 1.807) is 55.6 Å². The van der Waals surface area contributed by atoms with Crippen molar-refractivity contribution < 1.29 is 33.0 Å². The van der Waals surface area contributed by atoms with Crippen LogP contribution in [0.4, 0.5) is 5.69 Å².